The number of benzene rings is 1. The van der Waals surface area contributed by atoms with Crippen LogP contribution < -0.4 is 4.90 Å². The second kappa shape index (κ2) is 6.48. The van der Waals surface area contributed by atoms with Gasteiger partial charge in [-0.15, -0.1) is 0 Å². The van der Waals surface area contributed by atoms with E-state index in [9.17, 15) is 25.0 Å². The number of quaternary nitrogens is 1. The van der Waals surface area contributed by atoms with E-state index in [4.69, 9.17) is 0 Å². The number of nitro groups is 2. The predicted octanol–water partition coefficient (Wildman–Crippen LogP) is -0.136. The van der Waals surface area contributed by atoms with E-state index in [2.05, 4.69) is 6.92 Å². The molecule has 22 heavy (non-hydrogen) atoms. The van der Waals surface area contributed by atoms with Crippen LogP contribution in [0, 0.1) is 20.2 Å². The summed E-state index contributed by atoms with van der Waals surface area (Å²) in [4.78, 5) is 35.6. The van der Waals surface area contributed by atoms with Crippen LogP contribution in [0.25, 0.3) is 0 Å². The molecule has 1 amide bonds. The Morgan fingerprint density at radius 3 is 2.05 bits per heavy atom. The Morgan fingerprint density at radius 1 is 1.14 bits per heavy atom. The lowest BCUT2D eigenvalue weighted by molar-refractivity contribution is -0.902. The summed E-state index contributed by atoms with van der Waals surface area (Å²) in [5.41, 5.74) is -0.911. The molecule has 9 nitrogen and oxygen atoms in total. The van der Waals surface area contributed by atoms with Gasteiger partial charge in [0, 0.05) is 12.1 Å². The van der Waals surface area contributed by atoms with Crippen LogP contribution in [0.15, 0.2) is 18.2 Å². The lowest BCUT2D eigenvalue weighted by Gasteiger charge is -2.31. The van der Waals surface area contributed by atoms with Gasteiger partial charge < -0.3 is 9.80 Å². The van der Waals surface area contributed by atoms with Crippen LogP contribution in [-0.4, -0.2) is 53.4 Å². The maximum absolute atomic E-state index is 12.4. The largest absolute Gasteiger partial charge is 0.332 e. The zero-order valence-electron chi connectivity index (χ0n) is 12.2. The normalized spacial score (nSPS) is 15.6. The Balaban J connectivity index is 2.25. The lowest BCUT2D eigenvalue weighted by atomic mass is 10.1. The van der Waals surface area contributed by atoms with Crippen molar-refractivity contribution in [3.05, 3.63) is 44.0 Å². The SMILES string of the molecule is CC[NH+]1CCN(C(=O)c2cc([N+](=O)[O-])cc([N+](=O)[O-])c2)CC1. The molecule has 0 aliphatic carbocycles. The third-order valence-corrected chi connectivity index (χ3v) is 3.83. The number of nitrogens with one attached hydrogen (secondary N) is 1. The third-order valence-electron chi connectivity index (χ3n) is 3.83. The van der Waals surface area contributed by atoms with Gasteiger partial charge in [-0.1, -0.05) is 0 Å². The highest BCUT2D eigenvalue weighted by molar-refractivity contribution is 5.95. The van der Waals surface area contributed by atoms with E-state index < -0.39 is 27.1 Å². The van der Waals surface area contributed by atoms with Gasteiger partial charge in [0.15, 0.2) is 0 Å². The first-order valence-corrected chi connectivity index (χ1v) is 6.99. The number of carbonyl (C=O) groups excluding carboxylic acids is 1. The number of carbonyl (C=O) groups is 1. The molecule has 0 bridgehead atoms. The molecule has 9 heteroatoms. The first-order chi connectivity index (χ1) is 10.4. The Labute approximate surface area is 126 Å². The van der Waals surface area contributed by atoms with E-state index in [1.54, 1.807) is 4.90 Å². The van der Waals surface area contributed by atoms with Crippen molar-refractivity contribution in [2.75, 3.05) is 32.7 Å². The van der Waals surface area contributed by atoms with Gasteiger partial charge in [-0.3, -0.25) is 25.0 Å². The fourth-order valence-corrected chi connectivity index (χ4v) is 2.49. The van der Waals surface area contributed by atoms with Crippen molar-refractivity contribution >= 4 is 17.3 Å². The van der Waals surface area contributed by atoms with Crippen LogP contribution in [0.3, 0.4) is 0 Å². The van der Waals surface area contributed by atoms with E-state index in [0.717, 1.165) is 37.8 Å². The van der Waals surface area contributed by atoms with Gasteiger partial charge in [0.1, 0.15) is 0 Å². The van der Waals surface area contributed by atoms with Crippen molar-refractivity contribution in [1.82, 2.24) is 4.90 Å². The molecular weight excluding hydrogens is 292 g/mol. The Hall–Kier alpha value is -2.55. The fraction of sp³-hybridized carbons (Fsp3) is 0.462. The van der Waals surface area contributed by atoms with Crippen LogP contribution in [0.1, 0.15) is 17.3 Å². The molecule has 0 radical (unpaired) electrons. The van der Waals surface area contributed by atoms with Gasteiger partial charge in [0.2, 0.25) is 0 Å². The lowest BCUT2D eigenvalue weighted by Crippen LogP contribution is -3.14. The molecule has 1 aliphatic heterocycles. The average molecular weight is 309 g/mol. The van der Waals surface area contributed by atoms with Crippen LogP contribution in [0.5, 0.6) is 0 Å². The number of rotatable bonds is 4. The third kappa shape index (κ3) is 3.37. The zero-order chi connectivity index (χ0) is 16.3. The number of nitro benzene ring substituents is 2. The van der Waals surface area contributed by atoms with Gasteiger partial charge in [0.25, 0.3) is 17.3 Å². The monoisotopic (exact) mass is 309 g/mol. The van der Waals surface area contributed by atoms with Crippen molar-refractivity contribution < 1.29 is 19.5 Å². The second-order valence-electron chi connectivity index (χ2n) is 5.15. The first-order valence-electron chi connectivity index (χ1n) is 6.99. The standard InChI is InChI=1S/C13H16N4O5/c1-2-14-3-5-15(6-4-14)13(18)10-7-11(16(19)20)9-12(8-10)17(21)22/h7-9H,2-6H2,1H3/p+1. The molecule has 0 atom stereocenters. The number of likely N-dealkylation sites (N-methyl/N-ethyl adjacent to an activating group) is 1. The summed E-state index contributed by atoms with van der Waals surface area (Å²) in [7, 11) is 0. The number of piperazine rings is 1. The summed E-state index contributed by atoms with van der Waals surface area (Å²) in [5, 5.41) is 21.7. The number of non-ortho nitro benzene ring substituents is 2. The smallest absolute Gasteiger partial charge is 0.277 e. The minimum absolute atomic E-state index is 0.0131. The molecule has 1 N–H and O–H groups in total. The summed E-state index contributed by atoms with van der Waals surface area (Å²) in [5.74, 6) is -0.401. The highest BCUT2D eigenvalue weighted by Crippen LogP contribution is 2.23. The molecule has 2 rings (SSSR count). The molecule has 0 spiro atoms. The summed E-state index contributed by atoms with van der Waals surface area (Å²) in [6.07, 6.45) is 0. The molecule has 1 heterocycles. The molecule has 1 saturated heterocycles. The number of amides is 1. The van der Waals surface area contributed by atoms with Crippen LogP contribution in [0.2, 0.25) is 0 Å². The Bertz CT molecular complexity index is 578. The molecule has 1 aromatic rings. The minimum Gasteiger partial charge on any atom is -0.332 e. The Morgan fingerprint density at radius 2 is 1.64 bits per heavy atom. The number of hydrogen-bond donors (Lipinski definition) is 1. The molecule has 0 unspecified atom stereocenters. The van der Waals surface area contributed by atoms with E-state index in [1.165, 1.54) is 4.90 Å². The van der Waals surface area contributed by atoms with E-state index in [-0.39, 0.29) is 5.56 Å². The number of hydrogen-bond acceptors (Lipinski definition) is 5. The van der Waals surface area contributed by atoms with Crippen molar-refractivity contribution in [3.63, 3.8) is 0 Å². The zero-order valence-corrected chi connectivity index (χ0v) is 12.2. The van der Waals surface area contributed by atoms with E-state index >= 15 is 0 Å². The molecule has 1 fully saturated rings. The van der Waals surface area contributed by atoms with Gasteiger partial charge in [-0.05, 0) is 6.92 Å². The van der Waals surface area contributed by atoms with Crippen LogP contribution in [0.4, 0.5) is 11.4 Å². The maximum atomic E-state index is 12.4. The molecule has 0 aromatic heterocycles. The fourth-order valence-electron chi connectivity index (χ4n) is 2.49. The summed E-state index contributed by atoms with van der Waals surface area (Å²) >= 11 is 0. The second-order valence-corrected chi connectivity index (χ2v) is 5.15. The first kappa shape index (κ1) is 15.8. The maximum Gasteiger partial charge on any atom is 0.277 e. The van der Waals surface area contributed by atoms with Crippen molar-refractivity contribution in [3.8, 4) is 0 Å². The average Bonchev–Trinajstić information content (AvgIpc) is 2.53. The Kier molecular flexibility index (Phi) is 4.66. The van der Waals surface area contributed by atoms with Crippen molar-refractivity contribution in [2.45, 2.75) is 6.92 Å². The topological polar surface area (TPSA) is 111 Å². The molecular formula is C13H17N4O5+. The predicted molar refractivity (Wildman–Crippen MR) is 76.9 cm³/mol. The molecule has 1 aliphatic rings. The van der Waals surface area contributed by atoms with Crippen molar-refractivity contribution in [2.24, 2.45) is 0 Å². The number of nitrogens with zero attached hydrogens (tertiary/aromatic N) is 3. The summed E-state index contributed by atoms with van der Waals surface area (Å²) < 4.78 is 0. The van der Waals surface area contributed by atoms with Crippen molar-refractivity contribution in [1.29, 1.82) is 0 Å². The van der Waals surface area contributed by atoms with E-state index in [1.807, 2.05) is 0 Å². The summed E-state index contributed by atoms with van der Waals surface area (Å²) in [6.45, 7) is 5.73. The van der Waals surface area contributed by atoms with E-state index in [0.29, 0.717) is 13.1 Å². The van der Waals surface area contributed by atoms with Gasteiger partial charge in [-0.2, -0.15) is 0 Å². The highest BCUT2D eigenvalue weighted by Gasteiger charge is 2.26. The summed E-state index contributed by atoms with van der Waals surface area (Å²) in [6, 6.07) is 3.04. The van der Waals surface area contributed by atoms with Gasteiger partial charge in [-0.25, -0.2) is 0 Å². The van der Waals surface area contributed by atoms with Crippen LogP contribution in [-0.2, 0) is 0 Å². The van der Waals surface area contributed by atoms with Gasteiger partial charge >= 0.3 is 0 Å². The highest BCUT2D eigenvalue weighted by atomic mass is 16.6. The molecule has 1 aromatic carbocycles. The minimum atomic E-state index is -0.733. The molecule has 118 valence electrons. The quantitative estimate of drug-likeness (QED) is 0.615. The molecule has 0 saturated carbocycles. The van der Waals surface area contributed by atoms with Gasteiger partial charge in [0.05, 0.1) is 54.2 Å². The van der Waals surface area contributed by atoms with Crippen LogP contribution >= 0.6 is 0 Å².